The predicted octanol–water partition coefficient (Wildman–Crippen LogP) is 3.58. The van der Waals surface area contributed by atoms with Crippen LogP contribution in [0.4, 0.5) is 0 Å². The third-order valence-electron chi connectivity index (χ3n) is 2.36. The molecule has 0 amide bonds. The number of hydrogen-bond donors (Lipinski definition) is 0. The molecule has 0 saturated heterocycles. The van der Waals surface area contributed by atoms with Crippen LogP contribution in [0.2, 0.25) is 0 Å². The Bertz CT molecular complexity index is 505. The van der Waals surface area contributed by atoms with Crippen LogP contribution in [0.3, 0.4) is 0 Å². The maximum Gasteiger partial charge on any atom is 0.138 e. The monoisotopic (exact) mass is 213 g/mol. The van der Waals surface area contributed by atoms with E-state index in [4.69, 9.17) is 4.74 Å². The summed E-state index contributed by atoms with van der Waals surface area (Å²) in [6, 6.07) is 10.0. The van der Waals surface area contributed by atoms with Crippen LogP contribution in [0.5, 0.6) is 5.75 Å². The van der Waals surface area contributed by atoms with Gasteiger partial charge >= 0.3 is 0 Å². The third-order valence-corrected chi connectivity index (χ3v) is 2.36. The van der Waals surface area contributed by atoms with Crippen LogP contribution in [-0.4, -0.2) is 11.6 Å². The number of rotatable bonds is 4. The molecule has 0 aliphatic heterocycles. The van der Waals surface area contributed by atoms with Crippen molar-refractivity contribution in [1.29, 1.82) is 0 Å². The zero-order valence-electron chi connectivity index (χ0n) is 9.44. The van der Waals surface area contributed by atoms with Gasteiger partial charge in [-0.25, -0.2) is 0 Å². The van der Waals surface area contributed by atoms with E-state index in [1.165, 1.54) is 0 Å². The molecule has 2 heteroatoms. The number of nitrogens with zero attached hydrogens (tertiary/aromatic N) is 1. The van der Waals surface area contributed by atoms with Crippen LogP contribution in [-0.2, 0) is 0 Å². The molecule has 2 nitrogen and oxygen atoms in total. The van der Waals surface area contributed by atoms with Gasteiger partial charge in [0, 0.05) is 11.8 Å². The summed E-state index contributed by atoms with van der Waals surface area (Å²) in [4.78, 5) is 4.33. The lowest BCUT2D eigenvalue weighted by atomic mass is 10.2. The van der Waals surface area contributed by atoms with Gasteiger partial charge < -0.3 is 4.74 Å². The van der Waals surface area contributed by atoms with E-state index in [2.05, 4.69) is 11.6 Å². The predicted molar refractivity (Wildman–Crippen MR) is 66.7 cm³/mol. The largest absolute Gasteiger partial charge is 0.492 e. The van der Waals surface area contributed by atoms with Crippen molar-refractivity contribution in [3.8, 4) is 5.75 Å². The van der Waals surface area contributed by atoms with E-state index in [0.717, 1.165) is 28.6 Å². The van der Waals surface area contributed by atoms with Crippen LogP contribution in [0.15, 0.2) is 48.7 Å². The Morgan fingerprint density at radius 2 is 2.19 bits per heavy atom. The van der Waals surface area contributed by atoms with Crippen molar-refractivity contribution >= 4 is 10.9 Å². The van der Waals surface area contributed by atoms with Gasteiger partial charge in [0.05, 0.1) is 18.3 Å². The lowest BCUT2D eigenvalue weighted by Crippen LogP contribution is -1.97. The number of ether oxygens (including phenoxy) is 1. The molecule has 2 rings (SSSR count). The molecular formula is C14H15NO. The molecule has 0 fully saturated rings. The van der Waals surface area contributed by atoms with E-state index in [1.807, 2.05) is 37.3 Å². The highest BCUT2D eigenvalue weighted by Gasteiger charge is 1.97. The highest BCUT2D eigenvalue weighted by molar-refractivity contribution is 5.79. The summed E-state index contributed by atoms with van der Waals surface area (Å²) in [6.45, 7) is 6.50. The first-order chi connectivity index (χ1) is 7.75. The number of aromatic nitrogens is 1. The summed E-state index contributed by atoms with van der Waals surface area (Å²) in [5.41, 5.74) is 2.13. The molecule has 0 aliphatic carbocycles. The van der Waals surface area contributed by atoms with Gasteiger partial charge in [-0.3, -0.25) is 4.98 Å². The second kappa shape index (κ2) is 4.79. The van der Waals surface area contributed by atoms with Gasteiger partial charge in [-0.1, -0.05) is 23.8 Å². The van der Waals surface area contributed by atoms with E-state index in [0.29, 0.717) is 6.61 Å². The lowest BCUT2D eigenvalue weighted by molar-refractivity contribution is 0.321. The van der Waals surface area contributed by atoms with Crippen LogP contribution in [0.25, 0.3) is 10.9 Å². The highest BCUT2D eigenvalue weighted by atomic mass is 16.5. The number of hydrogen-bond acceptors (Lipinski definition) is 2. The molecule has 1 heterocycles. The molecule has 0 bridgehead atoms. The van der Waals surface area contributed by atoms with Crippen molar-refractivity contribution in [2.75, 3.05) is 6.61 Å². The molecule has 1 aromatic heterocycles. The minimum atomic E-state index is 0.662. The Morgan fingerprint density at radius 1 is 1.38 bits per heavy atom. The minimum Gasteiger partial charge on any atom is -0.492 e. The summed E-state index contributed by atoms with van der Waals surface area (Å²) < 4.78 is 5.60. The van der Waals surface area contributed by atoms with Gasteiger partial charge in [-0.05, 0) is 19.1 Å². The molecule has 0 atom stereocenters. The Balaban J connectivity index is 2.10. The molecule has 82 valence electrons. The maximum atomic E-state index is 5.60. The van der Waals surface area contributed by atoms with Gasteiger partial charge in [0.2, 0.25) is 0 Å². The summed E-state index contributed by atoms with van der Waals surface area (Å²) >= 11 is 0. The number of fused-ring (bicyclic) bond motifs is 1. The van der Waals surface area contributed by atoms with E-state index in [-0.39, 0.29) is 0 Å². The molecular weight excluding hydrogens is 198 g/mol. The van der Waals surface area contributed by atoms with Gasteiger partial charge in [-0.15, -0.1) is 6.58 Å². The van der Waals surface area contributed by atoms with Crippen molar-refractivity contribution in [1.82, 2.24) is 4.98 Å². The Kier molecular flexibility index (Phi) is 3.20. The first-order valence-electron chi connectivity index (χ1n) is 5.38. The van der Waals surface area contributed by atoms with Crippen molar-refractivity contribution in [3.63, 3.8) is 0 Å². The average molecular weight is 213 g/mol. The smallest absolute Gasteiger partial charge is 0.138 e. The Morgan fingerprint density at radius 3 is 3.00 bits per heavy atom. The quantitative estimate of drug-likeness (QED) is 0.724. The molecule has 16 heavy (non-hydrogen) atoms. The molecule has 0 saturated carbocycles. The van der Waals surface area contributed by atoms with E-state index in [9.17, 15) is 0 Å². The lowest BCUT2D eigenvalue weighted by Gasteiger charge is -2.06. The number of benzene rings is 1. The van der Waals surface area contributed by atoms with Gasteiger partial charge in [0.25, 0.3) is 0 Å². The second-order valence-corrected chi connectivity index (χ2v) is 3.92. The first-order valence-corrected chi connectivity index (χ1v) is 5.38. The average Bonchev–Trinajstić information content (AvgIpc) is 2.28. The number of para-hydroxylation sites is 1. The molecule has 1 aromatic carbocycles. The van der Waals surface area contributed by atoms with Gasteiger partial charge in [0.15, 0.2) is 0 Å². The van der Waals surface area contributed by atoms with Crippen molar-refractivity contribution in [2.45, 2.75) is 13.3 Å². The zero-order valence-corrected chi connectivity index (χ0v) is 9.44. The zero-order chi connectivity index (χ0) is 11.4. The van der Waals surface area contributed by atoms with Crippen molar-refractivity contribution in [2.24, 2.45) is 0 Å². The minimum absolute atomic E-state index is 0.662. The first kappa shape index (κ1) is 10.7. The van der Waals surface area contributed by atoms with Crippen LogP contribution in [0, 0.1) is 0 Å². The molecule has 0 unspecified atom stereocenters. The standard InChI is InChI=1S/C14H15NO/c1-11(2)7-8-16-13-9-12-5-3-4-6-14(12)15-10-13/h3-6,9-10H,1,7-8H2,2H3. The normalized spacial score (nSPS) is 10.3. The van der Waals surface area contributed by atoms with Gasteiger partial charge in [0.1, 0.15) is 5.75 Å². The van der Waals surface area contributed by atoms with Crippen molar-refractivity contribution in [3.05, 3.63) is 48.7 Å². The van der Waals surface area contributed by atoms with E-state index >= 15 is 0 Å². The number of pyridine rings is 1. The summed E-state index contributed by atoms with van der Waals surface area (Å²) in [7, 11) is 0. The van der Waals surface area contributed by atoms with E-state index < -0.39 is 0 Å². The SMILES string of the molecule is C=C(C)CCOc1cnc2ccccc2c1. The summed E-state index contributed by atoms with van der Waals surface area (Å²) in [5.74, 6) is 0.819. The Labute approximate surface area is 95.6 Å². The topological polar surface area (TPSA) is 22.1 Å². The fourth-order valence-corrected chi connectivity index (χ4v) is 1.47. The molecule has 0 spiro atoms. The van der Waals surface area contributed by atoms with Crippen LogP contribution in [0.1, 0.15) is 13.3 Å². The van der Waals surface area contributed by atoms with Crippen LogP contribution < -0.4 is 4.74 Å². The molecule has 0 radical (unpaired) electrons. The fourth-order valence-electron chi connectivity index (χ4n) is 1.47. The summed E-state index contributed by atoms with van der Waals surface area (Å²) in [6.07, 6.45) is 2.65. The maximum absolute atomic E-state index is 5.60. The molecule has 2 aromatic rings. The molecule has 0 aliphatic rings. The summed E-state index contributed by atoms with van der Waals surface area (Å²) in [5, 5.41) is 1.11. The second-order valence-electron chi connectivity index (χ2n) is 3.92. The third kappa shape index (κ3) is 2.60. The van der Waals surface area contributed by atoms with Gasteiger partial charge in [-0.2, -0.15) is 0 Å². The van der Waals surface area contributed by atoms with Crippen LogP contribution >= 0.6 is 0 Å². The Hall–Kier alpha value is -1.83. The highest BCUT2D eigenvalue weighted by Crippen LogP contribution is 2.18. The fraction of sp³-hybridized carbons (Fsp3) is 0.214. The molecule has 0 N–H and O–H groups in total. The van der Waals surface area contributed by atoms with E-state index in [1.54, 1.807) is 6.20 Å². The van der Waals surface area contributed by atoms with Crippen molar-refractivity contribution < 1.29 is 4.74 Å².